The number of likely N-dealkylation sites (N-methyl/N-ethyl adjacent to an activating group) is 1. The fourth-order valence-electron chi connectivity index (χ4n) is 4.92. The van der Waals surface area contributed by atoms with Crippen LogP contribution in [-0.4, -0.2) is 90.6 Å². The van der Waals surface area contributed by atoms with Crippen LogP contribution >= 0.6 is 11.6 Å². The van der Waals surface area contributed by atoms with Gasteiger partial charge in [0.05, 0.1) is 23.7 Å². The molecule has 40 heavy (non-hydrogen) atoms. The molecule has 1 saturated heterocycles. The first-order valence-corrected chi connectivity index (χ1v) is 13.4. The van der Waals surface area contributed by atoms with Crippen molar-refractivity contribution in [2.45, 2.75) is 20.0 Å². The number of benzene rings is 1. The van der Waals surface area contributed by atoms with Gasteiger partial charge in [-0.05, 0) is 31.7 Å². The lowest BCUT2D eigenvalue weighted by molar-refractivity contribution is 0.0658. The number of carbonyl (C=O) groups is 1. The highest BCUT2D eigenvalue weighted by Gasteiger charge is 2.23. The second-order valence-corrected chi connectivity index (χ2v) is 10.1. The first-order valence-electron chi connectivity index (χ1n) is 13.1. The number of rotatable bonds is 7. The van der Waals surface area contributed by atoms with Crippen molar-refractivity contribution in [1.29, 1.82) is 0 Å². The van der Waals surface area contributed by atoms with Crippen molar-refractivity contribution >= 4 is 45.1 Å². The van der Waals surface area contributed by atoms with Crippen molar-refractivity contribution in [2.75, 3.05) is 45.7 Å². The van der Waals surface area contributed by atoms with Gasteiger partial charge in [-0.1, -0.05) is 17.7 Å². The molecule has 5 heterocycles. The van der Waals surface area contributed by atoms with Gasteiger partial charge in [-0.15, -0.1) is 10.2 Å². The number of carbonyl (C=O) groups excluding carboxylic acids is 1. The topological polar surface area (TPSA) is 119 Å². The van der Waals surface area contributed by atoms with E-state index in [0.29, 0.717) is 54.3 Å². The van der Waals surface area contributed by atoms with Gasteiger partial charge >= 0.3 is 0 Å². The van der Waals surface area contributed by atoms with E-state index in [1.54, 1.807) is 36.6 Å². The summed E-state index contributed by atoms with van der Waals surface area (Å²) in [6, 6.07) is 5.63. The summed E-state index contributed by atoms with van der Waals surface area (Å²) in [5, 5.41) is 20.0. The van der Waals surface area contributed by atoms with Crippen molar-refractivity contribution < 1.29 is 9.53 Å². The summed E-state index contributed by atoms with van der Waals surface area (Å²) < 4.78 is 8.83. The fraction of sp³-hybridized carbons (Fsp3) is 0.333. The van der Waals surface area contributed by atoms with E-state index in [2.05, 4.69) is 37.5 Å². The average molecular weight is 561 g/mol. The van der Waals surface area contributed by atoms with E-state index in [0.717, 1.165) is 40.5 Å². The van der Waals surface area contributed by atoms with Crippen LogP contribution in [0.2, 0.25) is 5.02 Å². The van der Waals surface area contributed by atoms with E-state index in [9.17, 15) is 4.79 Å². The molecule has 1 N–H and O–H groups in total. The lowest BCUT2D eigenvalue weighted by Gasteiger charge is -2.31. The predicted molar refractivity (Wildman–Crippen MR) is 152 cm³/mol. The standard InChI is InChI=1S/C27H29ClN10O2/c1-4-38-25-19(14-32-38)23-18(13-30-25)26(34-33-24(23)29-12-17-5-6-22(40-3)20(28)11-17)37-15-21(31-16-37)27(39)36-9-7-35(2)8-10-36/h5-6,11,13-16H,4,7-10,12H2,1-3H3,(H,29,33). The summed E-state index contributed by atoms with van der Waals surface area (Å²) in [6.45, 7) is 6.19. The Morgan fingerprint density at radius 1 is 1.10 bits per heavy atom. The van der Waals surface area contributed by atoms with Crippen molar-refractivity contribution in [2.24, 2.45) is 0 Å². The summed E-state index contributed by atoms with van der Waals surface area (Å²) in [6.07, 6.45) is 6.87. The molecule has 12 nitrogen and oxygen atoms in total. The highest BCUT2D eigenvalue weighted by molar-refractivity contribution is 6.32. The molecule has 206 valence electrons. The molecule has 0 radical (unpaired) electrons. The van der Waals surface area contributed by atoms with Crippen molar-refractivity contribution in [3.05, 3.63) is 59.4 Å². The maximum absolute atomic E-state index is 13.1. The van der Waals surface area contributed by atoms with Gasteiger partial charge in [0.2, 0.25) is 0 Å². The predicted octanol–water partition coefficient (Wildman–Crippen LogP) is 3.24. The third-order valence-electron chi connectivity index (χ3n) is 7.20. The van der Waals surface area contributed by atoms with Gasteiger partial charge in [0.15, 0.2) is 17.3 Å². The smallest absolute Gasteiger partial charge is 0.274 e. The van der Waals surface area contributed by atoms with Gasteiger partial charge < -0.3 is 19.9 Å². The number of amides is 1. The van der Waals surface area contributed by atoms with Crippen LogP contribution in [0.25, 0.3) is 27.6 Å². The van der Waals surface area contributed by atoms with Gasteiger partial charge in [-0.25, -0.2) is 14.6 Å². The largest absolute Gasteiger partial charge is 0.495 e. The van der Waals surface area contributed by atoms with Gasteiger partial charge in [-0.2, -0.15) is 5.10 Å². The number of hydrogen-bond acceptors (Lipinski definition) is 9. The van der Waals surface area contributed by atoms with Gasteiger partial charge in [-0.3, -0.25) is 9.36 Å². The van der Waals surface area contributed by atoms with Crippen LogP contribution < -0.4 is 10.1 Å². The third-order valence-corrected chi connectivity index (χ3v) is 7.50. The number of imidazole rings is 1. The van der Waals surface area contributed by atoms with E-state index >= 15 is 0 Å². The SMILES string of the molecule is CCn1ncc2c3c(NCc4ccc(OC)c(Cl)c4)nnc(-n4cnc(C(=O)N5CCN(C)CC5)c4)c3cnc21. The molecule has 4 aromatic heterocycles. The van der Waals surface area contributed by atoms with Gasteiger partial charge in [0.25, 0.3) is 5.91 Å². The number of nitrogens with one attached hydrogen (secondary N) is 1. The van der Waals surface area contributed by atoms with Crippen LogP contribution in [0.3, 0.4) is 0 Å². The number of methoxy groups -OCH3 is 1. The Bertz CT molecular complexity index is 1710. The molecule has 0 bridgehead atoms. The summed E-state index contributed by atoms with van der Waals surface area (Å²) in [5.41, 5.74) is 2.08. The zero-order valence-electron chi connectivity index (χ0n) is 22.5. The number of aromatic nitrogens is 7. The molecule has 0 atom stereocenters. The maximum Gasteiger partial charge on any atom is 0.274 e. The number of pyridine rings is 1. The molecule has 1 aliphatic heterocycles. The van der Waals surface area contributed by atoms with E-state index in [1.807, 2.05) is 34.7 Å². The maximum atomic E-state index is 13.1. The Kier molecular flexibility index (Phi) is 6.95. The van der Waals surface area contributed by atoms with Crippen LogP contribution in [-0.2, 0) is 13.1 Å². The number of hydrogen-bond donors (Lipinski definition) is 1. The molecule has 13 heteroatoms. The quantitative estimate of drug-likeness (QED) is 0.320. The molecule has 1 amide bonds. The first kappa shape index (κ1) is 26.0. The number of nitrogens with zero attached hydrogens (tertiary/aromatic N) is 9. The number of aryl methyl sites for hydroxylation is 1. The Hall–Kier alpha value is -4.29. The highest BCUT2D eigenvalue weighted by atomic mass is 35.5. The van der Waals surface area contributed by atoms with Crippen molar-refractivity contribution in [3.8, 4) is 11.6 Å². The summed E-state index contributed by atoms with van der Waals surface area (Å²) in [4.78, 5) is 26.3. The van der Waals surface area contributed by atoms with Crippen molar-refractivity contribution in [1.82, 2.24) is 44.3 Å². The molecule has 0 aliphatic carbocycles. The molecular formula is C27H29ClN10O2. The van der Waals surface area contributed by atoms with Crippen LogP contribution in [0, 0.1) is 0 Å². The van der Waals surface area contributed by atoms with E-state index in [-0.39, 0.29) is 5.91 Å². The highest BCUT2D eigenvalue weighted by Crippen LogP contribution is 2.32. The molecule has 5 aromatic rings. The molecule has 0 saturated carbocycles. The number of ether oxygens (including phenoxy) is 1. The summed E-state index contributed by atoms with van der Waals surface area (Å²) >= 11 is 6.33. The lowest BCUT2D eigenvalue weighted by atomic mass is 10.1. The Balaban J connectivity index is 1.38. The lowest BCUT2D eigenvalue weighted by Crippen LogP contribution is -2.47. The Morgan fingerprint density at radius 2 is 1.93 bits per heavy atom. The van der Waals surface area contributed by atoms with E-state index < -0.39 is 0 Å². The number of halogens is 1. The molecule has 1 fully saturated rings. The van der Waals surface area contributed by atoms with E-state index in [4.69, 9.17) is 21.3 Å². The minimum atomic E-state index is -0.0923. The van der Waals surface area contributed by atoms with Gasteiger partial charge in [0.1, 0.15) is 17.8 Å². The monoisotopic (exact) mass is 560 g/mol. The molecule has 6 rings (SSSR count). The Morgan fingerprint density at radius 3 is 2.67 bits per heavy atom. The molecule has 0 unspecified atom stereocenters. The number of piperazine rings is 1. The van der Waals surface area contributed by atoms with E-state index in [1.165, 1.54) is 0 Å². The van der Waals surface area contributed by atoms with Crippen LogP contribution in [0.15, 0.2) is 43.1 Å². The molecule has 0 spiro atoms. The second-order valence-electron chi connectivity index (χ2n) is 9.70. The van der Waals surface area contributed by atoms with Crippen molar-refractivity contribution in [3.63, 3.8) is 0 Å². The van der Waals surface area contributed by atoms with Crippen LogP contribution in [0.5, 0.6) is 5.75 Å². The molecular weight excluding hydrogens is 532 g/mol. The normalized spacial score (nSPS) is 14.2. The summed E-state index contributed by atoms with van der Waals surface area (Å²) in [5.74, 6) is 1.63. The molecule has 1 aromatic carbocycles. The summed E-state index contributed by atoms with van der Waals surface area (Å²) in [7, 11) is 3.64. The Labute approximate surface area is 235 Å². The fourth-order valence-corrected chi connectivity index (χ4v) is 5.21. The first-order chi connectivity index (χ1) is 19.5. The third kappa shape index (κ3) is 4.69. The zero-order chi connectivity index (χ0) is 27.8. The average Bonchev–Trinajstić information content (AvgIpc) is 3.63. The second kappa shape index (κ2) is 10.7. The molecule has 1 aliphatic rings. The number of anilines is 1. The zero-order valence-corrected chi connectivity index (χ0v) is 23.3. The van der Waals surface area contributed by atoms with Crippen LogP contribution in [0.1, 0.15) is 23.0 Å². The van der Waals surface area contributed by atoms with Gasteiger partial charge in [0, 0.05) is 62.4 Å². The minimum Gasteiger partial charge on any atom is -0.495 e. The number of fused-ring (bicyclic) bond motifs is 3. The van der Waals surface area contributed by atoms with Crippen LogP contribution in [0.4, 0.5) is 5.82 Å². The minimum absolute atomic E-state index is 0.0923.